The van der Waals surface area contributed by atoms with Crippen molar-refractivity contribution in [2.75, 3.05) is 0 Å². The number of nitriles is 1. The van der Waals surface area contributed by atoms with Gasteiger partial charge in [-0.3, -0.25) is 9.78 Å². The molecule has 0 unspecified atom stereocenters. The molecule has 0 radical (unpaired) electrons. The first-order valence-electron chi connectivity index (χ1n) is 8.03. The third kappa shape index (κ3) is 4.51. The highest BCUT2D eigenvalue weighted by atomic mass is 16.1. The number of nitrogens with zero attached hydrogens (tertiary/aromatic N) is 3. The number of hydrogen-bond donors (Lipinski definition) is 1. The van der Waals surface area contributed by atoms with Gasteiger partial charge in [0.2, 0.25) is 0 Å². The van der Waals surface area contributed by atoms with Crippen molar-refractivity contribution in [2.45, 2.75) is 34.6 Å². The Morgan fingerprint density at radius 3 is 2.24 bits per heavy atom. The van der Waals surface area contributed by atoms with Gasteiger partial charge in [-0.25, -0.2) is 4.98 Å². The summed E-state index contributed by atoms with van der Waals surface area (Å²) in [5.41, 5.74) is 3.73. The molecule has 0 aliphatic rings. The summed E-state index contributed by atoms with van der Waals surface area (Å²) in [6.07, 6.45) is 4.37. The first-order chi connectivity index (χ1) is 11.7. The molecule has 1 aromatic carbocycles. The van der Waals surface area contributed by atoms with Gasteiger partial charge in [0.25, 0.3) is 5.91 Å². The van der Waals surface area contributed by atoms with Crippen LogP contribution in [0.2, 0.25) is 0 Å². The SMILES string of the molecule is Cc1cc(C)cc(C(C#N)=C(NC(=O)c2cnccn2)C(C)(C)C)c1. The Kier molecular flexibility index (Phi) is 5.33. The number of aromatic nitrogens is 2. The lowest BCUT2D eigenvalue weighted by Crippen LogP contribution is -2.32. The molecule has 1 amide bonds. The third-order valence-corrected chi connectivity index (χ3v) is 3.66. The fourth-order valence-corrected chi connectivity index (χ4v) is 2.60. The maximum Gasteiger partial charge on any atom is 0.275 e. The number of nitrogens with one attached hydrogen (secondary N) is 1. The molecule has 0 bridgehead atoms. The fourth-order valence-electron chi connectivity index (χ4n) is 2.60. The molecule has 0 fully saturated rings. The van der Waals surface area contributed by atoms with Crippen molar-refractivity contribution in [3.05, 3.63) is 64.9 Å². The van der Waals surface area contributed by atoms with Crippen molar-refractivity contribution in [3.8, 4) is 6.07 Å². The average Bonchev–Trinajstić information content (AvgIpc) is 2.53. The van der Waals surface area contributed by atoms with Crippen LogP contribution in [0.5, 0.6) is 0 Å². The predicted octanol–water partition coefficient (Wildman–Crippen LogP) is 3.80. The molecule has 0 saturated heterocycles. The molecular formula is C20H22N4O. The normalized spacial score (nSPS) is 12.2. The van der Waals surface area contributed by atoms with E-state index in [1.807, 2.05) is 52.8 Å². The van der Waals surface area contributed by atoms with E-state index in [-0.39, 0.29) is 11.6 Å². The molecule has 1 N–H and O–H groups in total. The van der Waals surface area contributed by atoms with E-state index in [0.717, 1.165) is 16.7 Å². The Labute approximate surface area is 148 Å². The third-order valence-electron chi connectivity index (χ3n) is 3.66. The van der Waals surface area contributed by atoms with Gasteiger partial charge in [-0.05, 0) is 19.4 Å². The Morgan fingerprint density at radius 1 is 1.12 bits per heavy atom. The van der Waals surface area contributed by atoms with Crippen molar-refractivity contribution >= 4 is 11.5 Å². The van der Waals surface area contributed by atoms with Crippen LogP contribution in [0.15, 0.2) is 42.5 Å². The maximum absolute atomic E-state index is 12.5. The van der Waals surface area contributed by atoms with Gasteiger partial charge >= 0.3 is 0 Å². The average molecular weight is 334 g/mol. The second-order valence-corrected chi connectivity index (χ2v) is 7.03. The lowest BCUT2D eigenvalue weighted by molar-refractivity contribution is 0.0952. The van der Waals surface area contributed by atoms with Gasteiger partial charge in [0.05, 0.1) is 11.8 Å². The molecule has 1 heterocycles. The zero-order valence-electron chi connectivity index (χ0n) is 15.2. The highest BCUT2D eigenvalue weighted by Crippen LogP contribution is 2.31. The molecule has 25 heavy (non-hydrogen) atoms. The quantitative estimate of drug-likeness (QED) is 0.866. The van der Waals surface area contributed by atoms with E-state index in [4.69, 9.17) is 0 Å². The van der Waals surface area contributed by atoms with Crippen molar-refractivity contribution in [1.29, 1.82) is 5.26 Å². The monoisotopic (exact) mass is 334 g/mol. The Morgan fingerprint density at radius 2 is 1.76 bits per heavy atom. The molecule has 0 saturated carbocycles. The minimum absolute atomic E-state index is 0.210. The van der Waals surface area contributed by atoms with Gasteiger partial charge in [-0.1, -0.05) is 50.1 Å². The number of hydrogen-bond acceptors (Lipinski definition) is 4. The van der Waals surface area contributed by atoms with E-state index in [2.05, 4.69) is 21.4 Å². The summed E-state index contributed by atoms with van der Waals surface area (Å²) in [5, 5.41) is 12.7. The molecule has 1 aromatic heterocycles. The molecule has 0 spiro atoms. The van der Waals surface area contributed by atoms with Crippen LogP contribution in [0.3, 0.4) is 0 Å². The fraction of sp³-hybridized carbons (Fsp3) is 0.300. The topological polar surface area (TPSA) is 78.7 Å². The van der Waals surface area contributed by atoms with Crippen LogP contribution in [0.4, 0.5) is 0 Å². The second-order valence-electron chi connectivity index (χ2n) is 7.03. The second kappa shape index (κ2) is 7.27. The Bertz CT molecular complexity index is 835. The number of amides is 1. The van der Waals surface area contributed by atoms with Crippen LogP contribution < -0.4 is 5.32 Å². The summed E-state index contributed by atoms with van der Waals surface area (Å²) in [7, 11) is 0. The summed E-state index contributed by atoms with van der Waals surface area (Å²) < 4.78 is 0. The minimum atomic E-state index is -0.430. The Balaban J connectivity index is 2.56. The minimum Gasteiger partial charge on any atom is -0.322 e. The van der Waals surface area contributed by atoms with E-state index in [1.165, 1.54) is 18.6 Å². The van der Waals surface area contributed by atoms with E-state index in [9.17, 15) is 10.1 Å². The predicted molar refractivity (Wildman–Crippen MR) is 97.4 cm³/mol. The summed E-state index contributed by atoms with van der Waals surface area (Å²) in [5.74, 6) is -0.379. The smallest absolute Gasteiger partial charge is 0.275 e. The van der Waals surface area contributed by atoms with Crippen molar-refractivity contribution < 1.29 is 4.79 Å². The highest BCUT2D eigenvalue weighted by molar-refractivity contribution is 5.95. The summed E-state index contributed by atoms with van der Waals surface area (Å²) in [4.78, 5) is 20.5. The van der Waals surface area contributed by atoms with Crippen molar-refractivity contribution in [2.24, 2.45) is 5.41 Å². The molecule has 0 aliphatic heterocycles. The van der Waals surface area contributed by atoms with Crippen LogP contribution in [0.1, 0.15) is 48.0 Å². The lowest BCUT2D eigenvalue weighted by Gasteiger charge is -2.25. The molecular weight excluding hydrogens is 312 g/mol. The number of carbonyl (C=O) groups is 1. The number of aryl methyl sites for hydroxylation is 2. The standard InChI is InChI=1S/C20H22N4O/c1-13-8-14(2)10-15(9-13)16(11-21)18(20(3,4)5)24-19(25)17-12-22-6-7-23-17/h6-10,12H,1-5H3,(H,24,25). The largest absolute Gasteiger partial charge is 0.322 e. The zero-order valence-corrected chi connectivity index (χ0v) is 15.2. The van der Waals surface area contributed by atoms with Gasteiger partial charge < -0.3 is 5.32 Å². The highest BCUT2D eigenvalue weighted by Gasteiger charge is 2.25. The van der Waals surface area contributed by atoms with Crippen molar-refractivity contribution in [3.63, 3.8) is 0 Å². The molecule has 0 atom stereocenters. The number of rotatable bonds is 3. The molecule has 2 rings (SSSR count). The maximum atomic E-state index is 12.5. The Hall–Kier alpha value is -3.00. The van der Waals surface area contributed by atoms with Gasteiger partial charge in [0, 0.05) is 23.5 Å². The number of benzene rings is 1. The lowest BCUT2D eigenvalue weighted by atomic mass is 9.86. The zero-order chi connectivity index (χ0) is 18.6. The van der Waals surface area contributed by atoms with E-state index < -0.39 is 5.41 Å². The first-order valence-corrected chi connectivity index (χ1v) is 8.03. The first kappa shape index (κ1) is 18.3. The van der Waals surface area contributed by atoms with E-state index in [0.29, 0.717) is 11.3 Å². The molecule has 5 heteroatoms. The number of allylic oxidation sites excluding steroid dienone is 2. The molecule has 128 valence electrons. The van der Waals surface area contributed by atoms with Crippen LogP contribution in [0.25, 0.3) is 5.57 Å². The van der Waals surface area contributed by atoms with Crippen LogP contribution >= 0.6 is 0 Å². The van der Waals surface area contributed by atoms with E-state index in [1.54, 1.807) is 0 Å². The number of carbonyl (C=O) groups excluding carboxylic acids is 1. The van der Waals surface area contributed by atoms with E-state index >= 15 is 0 Å². The van der Waals surface area contributed by atoms with Gasteiger partial charge in [0.15, 0.2) is 0 Å². The summed E-state index contributed by atoms with van der Waals surface area (Å²) in [6, 6.07) is 8.21. The molecule has 2 aromatic rings. The van der Waals surface area contributed by atoms with Crippen LogP contribution in [-0.4, -0.2) is 15.9 Å². The van der Waals surface area contributed by atoms with Gasteiger partial charge in [-0.2, -0.15) is 5.26 Å². The summed E-state index contributed by atoms with van der Waals surface area (Å²) >= 11 is 0. The van der Waals surface area contributed by atoms with Crippen molar-refractivity contribution in [1.82, 2.24) is 15.3 Å². The van der Waals surface area contributed by atoms with Gasteiger partial charge in [0.1, 0.15) is 11.8 Å². The molecule has 5 nitrogen and oxygen atoms in total. The van der Waals surface area contributed by atoms with Crippen LogP contribution in [-0.2, 0) is 0 Å². The van der Waals surface area contributed by atoms with Gasteiger partial charge in [-0.15, -0.1) is 0 Å². The summed E-state index contributed by atoms with van der Waals surface area (Å²) in [6.45, 7) is 9.85. The molecule has 0 aliphatic carbocycles. The van der Waals surface area contributed by atoms with Crippen LogP contribution in [0, 0.1) is 30.6 Å².